The predicted octanol–water partition coefficient (Wildman–Crippen LogP) is 5.76. The van der Waals surface area contributed by atoms with Crippen molar-refractivity contribution in [3.05, 3.63) is 129 Å². The highest BCUT2D eigenvalue weighted by molar-refractivity contribution is 5.93. The molecule has 6 rings (SSSR count). The molecule has 0 bridgehead atoms. The smallest absolute Gasteiger partial charge is 0.311 e. The van der Waals surface area contributed by atoms with Gasteiger partial charge < -0.3 is 14.5 Å². The number of nitrogens with one attached hydrogen (secondary N) is 1. The molecule has 0 radical (unpaired) electrons. The Labute approximate surface area is 241 Å². The summed E-state index contributed by atoms with van der Waals surface area (Å²) in [6.45, 7) is -0.665. The molecule has 0 saturated carbocycles. The largest absolute Gasteiger partial charge is 0.476 e. The molecule has 6 aromatic rings. The number of anilines is 1. The summed E-state index contributed by atoms with van der Waals surface area (Å²) in [6, 6.07) is 25.4. The average Bonchev–Trinajstić information content (AvgIpc) is 3.45. The van der Waals surface area contributed by atoms with Crippen molar-refractivity contribution < 1.29 is 23.3 Å². The number of rotatable bonds is 8. The summed E-state index contributed by atoms with van der Waals surface area (Å²) < 4.78 is 26.5. The molecule has 2 aromatic heterocycles. The van der Waals surface area contributed by atoms with Crippen molar-refractivity contribution in [1.82, 2.24) is 9.66 Å². The van der Waals surface area contributed by atoms with Crippen molar-refractivity contribution in [2.45, 2.75) is 0 Å². The van der Waals surface area contributed by atoms with Gasteiger partial charge in [0.05, 0.1) is 27.7 Å². The van der Waals surface area contributed by atoms with Gasteiger partial charge in [0.15, 0.2) is 12.4 Å². The van der Waals surface area contributed by atoms with Crippen LogP contribution in [0.2, 0.25) is 0 Å². The van der Waals surface area contributed by atoms with Crippen LogP contribution in [0.1, 0.15) is 5.56 Å². The first kappa shape index (κ1) is 27.0. The number of nitro groups is 1. The minimum Gasteiger partial charge on any atom is -0.476 e. The van der Waals surface area contributed by atoms with Crippen molar-refractivity contribution >= 4 is 45.4 Å². The van der Waals surface area contributed by atoms with Crippen molar-refractivity contribution in [2.24, 2.45) is 5.10 Å². The van der Waals surface area contributed by atoms with Gasteiger partial charge in [-0.3, -0.25) is 19.7 Å². The fraction of sp³-hybridized carbons (Fsp3) is 0.0323. The lowest BCUT2D eigenvalue weighted by atomic mass is 10.2. The van der Waals surface area contributed by atoms with Crippen LogP contribution in [0, 0.1) is 15.9 Å². The number of para-hydroxylation sites is 4. The normalized spacial score (nSPS) is 11.3. The van der Waals surface area contributed by atoms with Crippen LogP contribution in [0.15, 0.2) is 111 Å². The average molecular weight is 578 g/mol. The predicted molar refractivity (Wildman–Crippen MR) is 158 cm³/mol. The zero-order chi connectivity index (χ0) is 29.9. The van der Waals surface area contributed by atoms with Crippen LogP contribution in [0.3, 0.4) is 0 Å². The Bertz CT molecular complexity index is 2090. The van der Waals surface area contributed by atoms with Crippen LogP contribution in [0.5, 0.6) is 5.75 Å². The third-order valence-electron chi connectivity index (χ3n) is 6.43. The van der Waals surface area contributed by atoms with E-state index in [1.165, 1.54) is 42.6 Å². The summed E-state index contributed by atoms with van der Waals surface area (Å²) in [5.41, 5.74) is 0.0944. The van der Waals surface area contributed by atoms with E-state index in [0.29, 0.717) is 16.5 Å². The fourth-order valence-electron chi connectivity index (χ4n) is 4.43. The van der Waals surface area contributed by atoms with Crippen LogP contribution >= 0.6 is 0 Å². The monoisotopic (exact) mass is 577 g/mol. The highest BCUT2D eigenvalue weighted by Gasteiger charge is 2.21. The highest BCUT2D eigenvalue weighted by atomic mass is 19.1. The molecule has 1 N–H and O–H groups in total. The van der Waals surface area contributed by atoms with Gasteiger partial charge >= 0.3 is 5.69 Å². The molecule has 0 aliphatic rings. The van der Waals surface area contributed by atoms with Crippen LogP contribution in [-0.4, -0.2) is 33.3 Å². The van der Waals surface area contributed by atoms with Gasteiger partial charge in [0.25, 0.3) is 11.5 Å². The SMILES string of the molecule is O=C(COc1c(C=Nn2c(-c3cc4ccccc4o3)nc3ccccc3c2=O)cccc1[N+](=O)[O-])Nc1ccccc1F. The number of hydrogen-bond donors (Lipinski definition) is 1. The van der Waals surface area contributed by atoms with E-state index >= 15 is 0 Å². The number of amides is 1. The fourth-order valence-corrected chi connectivity index (χ4v) is 4.43. The van der Waals surface area contributed by atoms with Crippen LogP contribution in [0.4, 0.5) is 15.8 Å². The Morgan fingerprint density at radius 2 is 1.81 bits per heavy atom. The Morgan fingerprint density at radius 3 is 2.63 bits per heavy atom. The third-order valence-corrected chi connectivity index (χ3v) is 6.43. The molecule has 0 fully saturated rings. The zero-order valence-corrected chi connectivity index (χ0v) is 22.1. The lowest BCUT2D eigenvalue weighted by Crippen LogP contribution is -2.22. The quantitative estimate of drug-likeness (QED) is 0.138. The van der Waals surface area contributed by atoms with Crippen LogP contribution in [0.25, 0.3) is 33.5 Å². The van der Waals surface area contributed by atoms with Crippen molar-refractivity contribution in [3.8, 4) is 17.3 Å². The van der Waals surface area contributed by atoms with Gasteiger partial charge in [-0.2, -0.15) is 9.78 Å². The van der Waals surface area contributed by atoms with Crippen molar-refractivity contribution in [3.63, 3.8) is 0 Å². The molecular weight excluding hydrogens is 557 g/mol. The molecule has 0 aliphatic carbocycles. The van der Waals surface area contributed by atoms with E-state index in [1.807, 2.05) is 18.2 Å². The van der Waals surface area contributed by atoms with E-state index in [1.54, 1.807) is 42.5 Å². The number of aromatic nitrogens is 2. The van der Waals surface area contributed by atoms with Gasteiger partial charge in [-0.15, -0.1) is 0 Å². The van der Waals surface area contributed by atoms with E-state index in [0.717, 1.165) is 10.1 Å². The minimum absolute atomic E-state index is 0.0678. The van der Waals surface area contributed by atoms with E-state index in [4.69, 9.17) is 9.15 Å². The zero-order valence-electron chi connectivity index (χ0n) is 22.1. The first-order valence-corrected chi connectivity index (χ1v) is 12.9. The maximum atomic E-state index is 14.0. The molecule has 0 saturated heterocycles. The molecule has 43 heavy (non-hydrogen) atoms. The molecule has 4 aromatic carbocycles. The van der Waals surface area contributed by atoms with E-state index in [-0.39, 0.29) is 28.6 Å². The second-order valence-corrected chi connectivity index (χ2v) is 9.23. The maximum Gasteiger partial charge on any atom is 0.311 e. The van der Waals surface area contributed by atoms with E-state index in [2.05, 4.69) is 15.4 Å². The number of nitro benzene ring substituents is 1. The Morgan fingerprint density at radius 1 is 1.05 bits per heavy atom. The third kappa shape index (κ3) is 5.44. The lowest BCUT2D eigenvalue weighted by molar-refractivity contribution is -0.385. The molecule has 11 nitrogen and oxygen atoms in total. The summed E-state index contributed by atoms with van der Waals surface area (Å²) in [7, 11) is 0. The molecule has 0 aliphatic heterocycles. The first-order valence-electron chi connectivity index (χ1n) is 12.9. The summed E-state index contributed by atoms with van der Waals surface area (Å²) in [5, 5.41) is 19.6. The van der Waals surface area contributed by atoms with Gasteiger partial charge in [-0.25, -0.2) is 9.37 Å². The maximum absolute atomic E-state index is 14.0. The number of benzene rings is 4. The second kappa shape index (κ2) is 11.4. The van der Waals surface area contributed by atoms with Gasteiger partial charge in [0.1, 0.15) is 11.4 Å². The topological polar surface area (TPSA) is 142 Å². The Kier molecular flexibility index (Phi) is 7.15. The number of nitrogens with zero attached hydrogens (tertiary/aromatic N) is 4. The number of hydrogen-bond acceptors (Lipinski definition) is 8. The van der Waals surface area contributed by atoms with Crippen LogP contribution < -0.4 is 15.6 Å². The van der Waals surface area contributed by atoms with Gasteiger partial charge in [-0.1, -0.05) is 48.5 Å². The number of ether oxygens (including phenoxy) is 1. The van der Waals surface area contributed by atoms with E-state index < -0.39 is 34.5 Å². The molecule has 1 amide bonds. The van der Waals surface area contributed by atoms with Crippen molar-refractivity contribution in [1.29, 1.82) is 0 Å². The summed E-state index contributed by atoms with van der Waals surface area (Å²) in [6.07, 6.45) is 1.20. The molecule has 0 atom stereocenters. The Hall–Kier alpha value is -6.17. The number of halogens is 1. The van der Waals surface area contributed by atoms with Gasteiger partial charge in [0.2, 0.25) is 11.6 Å². The molecule has 212 valence electrons. The molecule has 0 spiro atoms. The van der Waals surface area contributed by atoms with Crippen LogP contribution in [-0.2, 0) is 4.79 Å². The highest BCUT2D eigenvalue weighted by Crippen LogP contribution is 2.31. The number of carbonyl (C=O) groups excluding carboxylic acids is 1. The van der Waals surface area contributed by atoms with E-state index in [9.17, 15) is 24.1 Å². The second-order valence-electron chi connectivity index (χ2n) is 9.23. The minimum atomic E-state index is -0.742. The summed E-state index contributed by atoms with van der Waals surface area (Å²) in [5.74, 6) is -1.28. The molecule has 0 unspecified atom stereocenters. The van der Waals surface area contributed by atoms with Gasteiger partial charge in [0, 0.05) is 17.0 Å². The summed E-state index contributed by atoms with van der Waals surface area (Å²) >= 11 is 0. The molecule has 12 heteroatoms. The number of furan rings is 1. The lowest BCUT2D eigenvalue weighted by Gasteiger charge is -2.11. The standard InChI is InChI=1S/C31H20FN5O6/c32-22-11-3-5-13-24(22)34-28(38)18-42-29-20(9-7-14-25(29)37(40)41)17-33-36-30(27-16-19-8-1-6-15-26(19)43-27)35-23-12-4-2-10-21(23)31(36)39/h1-17H,18H2,(H,34,38). The molecular formula is C31H20FN5O6. The Balaban J connectivity index is 1.39. The molecule has 2 heterocycles. The first-order chi connectivity index (χ1) is 20.9. The van der Waals surface area contributed by atoms with Gasteiger partial charge in [-0.05, 0) is 42.5 Å². The summed E-state index contributed by atoms with van der Waals surface area (Å²) in [4.78, 5) is 41.8. The number of carbonyl (C=O) groups is 1. The number of fused-ring (bicyclic) bond motifs is 2. The van der Waals surface area contributed by atoms with Crippen molar-refractivity contribution in [2.75, 3.05) is 11.9 Å².